The Kier molecular flexibility index (Phi) is 33.1. The molecule has 14 aromatic rings. The Morgan fingerprint density at radius 3 is 1.00 bits per heavy atom. The number of nitrogens with one attached hydrogen (secondary N) is 1. The van der Waals surface area contributed by atoms with Crippen LogP contribution in [0.25, 0.3) is 101 Å². The van der Waals surface area contributed by atoms with Gasteiger partial charge in [0.1, 0.15) is 54.7 Å². The quantitative estimate of drug-likeness (QED) is 0.0675. The summed E-state index contributed by atoms with van der Waals surface area (Å²) in [5, 5.41) is 27.1. The van der Waals surface area contributed by atoms with E-state index >= 15 is 0 Å². The van der Waals surface area contributed by atoms with E-state index in [2.05, 4.69) is 38.3 Å². The number of aromatic nitrogens is 11. The number of H-pyrrole nitrogens is 1. The molecule has 0 bridgehead atoms. The highest BCUT2D eigenvalue weighted by Gasteiger charge is 2.41. The molecule has 6 aliphatic rings. The third kappa shape index (κ3) is 23.7. The van der Waals surface area contributed by atoms with Crippen LogP contribution in [0.2, 0.25) is 0 Å². The van der Waals surface area contributed by atoms with E-state index in [0.717, 1.165) is 230 Å². The van der Waals surface area contributed by atoms with Gasteiger partial charge in [0.25, 0.3) is 0 Å². The topological polar surface area (TPSA) is 310 Å². The van der Waals surface area contributed by atoms with Crippen LogP contribution in [0.15, 0.2) is 71.0 Å². The Labute approximate surface area is 890 Å². The van der Waals surface area contributed by atoms with Crippen molar-refractivity contribution >= 4 is 148 Å². The van der Waals surface area contributed by atoms with Gasteiger partial charge in [-0.05, 0) is 366 Å². The number of hydrogen-bond acceptors (Lipinski definition) is 26. The molecule has 1 aliphatic heterocycles. The Morgan fingerprint density at radius 1 is 0.399 bits per heavy atom. The number of pyridine rings is 7. The van der Waals surface area contributed by atoms with Crippen LogP contribution in [0.1, 0.15) is 359 Å². The number of hydrogen-bond donors (Lipinski definition) is 2. The number of rotatable bonds is 21. The second-order valence-corrected chi connectivity index (χ2v) is 50.9. The smallest absolute Gasteiger partial charge is 0.250 e. The molecule has 15 heterocycles. The summed E-state index contributed by atoms with van der Waals surface area (Å²) >= 11 is 8.97. The van der Waals surface area contributed by atoms with E-state index in [0.29, 0.717) is 12.2 Å². The van der Waals surface area contributed by atoms with Gasteiger partial charge in [0, 0.05) is 197 Å². The molecule has 784 valence electrons. The standard InChI is InChI=1S/2C25H30N2O3S.C24H31N3O2S.C23H28N2O2S.C22H27N3O2S/c1-14-20(23(15(2)28)30-25(3,4)5)21(16-11-12-19(29)27(6)13-16)22-17-9-7-8-10-18(17)31-24(22)26-14;1-14-20(23(15(2)29)30-25(3,4)5)21(16-10-11-17(13-28)26-12-16)22-18-8-6-7-9-19(18)31-24(22)27-14;1-13-19(22(15(3)28)29-24(4,5)6)20(17-12-25-27(7)14(17)2)21-16-10-8-9-11-18(16)30-23(21)26-13;1-13-18(21(14(2)26)27-23(3,4)5)19(15-10-11-24-12-15)20-16-8-6-7-9-17(16)28-22(20)25-13;1-12-17(20(13(2)26)27-22(3,4)5)19(15-10-11-23-25-15)18-14-8-6-7-9-16(14)28-21(18)24-12/h11-13,23H,7-10H2,1-6H3;10-12,23,28H,6-9,13H2,1-5H3;12,22H,8-11H2,1-7H3;10,12,21H,6-9,11H2,1-5H3;10-11,20H,6-9H2,1-5H3,(H,23,25)/t2*23-;22-;21-;20-/m11111/s1. The number of aromatic amines is 1. The average molecular weight is 2100 g/mol. The Balaban J connectivity index is 0.000000132. The van der Waals surface area contributed by atoms with Crippen LogP contribution in [0, 0.1) is 41.5 Å². The fraction of sp³-hybridized carbons (Fsp3) is 0.504. The van der Waals surface area contributed by atoms with E-state index in [1.165, 1.54) is 120 Å². The number of ether oxygens (including phenoxy) is 5. The van der Waals surface area contributed by atoms with Gasteiger partial charge in [0.2, 0.25) is 5.56 Å². The lowest BCUT2D eigenvalue weighted by molar-refractivity contribution is -0.139. The first-order valence-corrected chi connectivity index (χ1v) is 56.5. The Bertz CT molecular complexity index is 7590. The molecule has 5 atom stereocenters. The predicted molar refractivity (Wildman–Crippen MR) is 602 cm³/mol. The van der Waals surface area contributed by atoms with Crippen molar-refractivity contribution in [3.05, 3.63) is 197 Å². The zero-order chi connectivity index (χ0) is 107. The third-order valence-corrected chi connectivity index (χ3v) is 34.0. The first-order valence-electron chi connectivity index (χ1n) is 52.4. The lowest BCUT2D eigenvalue weighted by atomic mass is 9.87. The summed E-state index contributed by atoms with van der Waals surface area (Å²) in [5.74, 6) is -0.0797. The summed E-state index contributed by atoms with van der Waals surface area (Å²) in [6, 6.07) is 9.25. The monoisotopic (exact) mass is 2090 g/mol. The predicted octanol–water partition coefficient (Wildman–Crippen LogP) is 27.1. The number of aryl methyl sites for hydroxylation is 17. The van der Waals surface area contributed by atoms with E-state index in [-0.39, 0.29) is 41.1 Å². The number of carbonyl (C=O) groups excluding carboxylic acids is 5. The summed E-state index contributed by atoms with van der Waals surface area (Å²) < 4.78 is 34.9. The van der Waals surface area contributed by atoms with Crippen LogP contribution in [-0.2, 0) is 133 Å². The van der Waals surface area contributed by atoms with Crippen molar-refractivity contribution < 1.29 is 52.8 Å². The summed E-state index contributed by atoms with van der Waals surface area (Å²) in [6.07, 6.45) is 30.9. The number of aliphatic imine (C=N–C) groups is 1. The van der Waals surface area contributed by atoms with Gasteiger partial charge in [-0.1, -0.05) is 12.1 Å². The molecular weight excluding hydrogens is 1950 g/mol. The molecule has 29 heteroatoms. The molecule has 14 aromatic heterocycles. The van der Waals surface area contributed by atoms with Gasteiger partial charge in [-0.2, -0.15) is 10.2 Å². The van der Waals surface area contributed by atoms with Crippen LogP contribution in [0.5, 0.6) is 0 Å². The van der Waals surface area contributed by atoms with Crippen LogP contribution < -0.4 is 5.56 Å². The number of allylic oxidation sites excluding steroid dienone is 1. The van der Waals surface area contributed by atoms with E-state index in [4.69, 9.17) is 48.6 Å². The van der Waals surface area contributed by atoms with E-state index in [9.17, 15) is 33.9 Å². The van der Waals surface area contributed by atoms with Gasteiger partial charge in [-0.15, -0.1) is 56.7 Å². The van der Waals surface area contributed by atoms with Gasteiger partial charge in [-0.25, -0.2) is 24.9 Å². The van der Waals surface area contributed by atoms with Gasteiger partial charge < -0.3 is 33.4 Å². The van der Waals surface area contributed by atoms with Gasteiger partial charge in [-0.3, -0.25) is 48.5 Å². The van der Waals surface area contributed by atoms with Gasteiger partial charge >= 0.3 is 0 Å². The van der Waals surface area contributed by atoms with Crippen molar-refractivity contribution in [2.24, 2.45) is 19.1 Å². The summed E-state index contributed by atoms with van der Waals surface area (Å²) in [4.78, 5) is 122. The molecule has 0 saturated heterocycles. The molecule has 148 heavy (non-hydrogen) atoms. The van der Waals surface area contributed by atoms with Crippen LogP contribution >= 0.6 is 56.7 Å². The largest absolute Gasteiger partial charge is 0.390 e. The number of Topliss-reactive ketones (excluding diaryl/α,β-unsaturated/α-hetero) is 5. The molecule has 0 saturated carbocycles. The summed E-state index contributed by atoms with van der Waals surface area (Å²) in [5.41, 5.74) is 25.0. The van der Waals surface area contributed by atoms with Crippen LogP contribution in [0.4, 0.5) is 0 Å². The van der Waals surface area contributed by atoms with Crippen molar-refractivity contribution in [1.82, 2.24) is 54.4 Å². The zero-order valence-electron chi connectivity index (χ0n) is 91.7. The maximum absolute atomic E-state index is 12.8. The van der Waals surface area contributed by atoms with Crippen molar-refractivity contribution in [3.63, 3.8) is 0 Å². The Hall–Kier alpha value is -10.4. The number of carbonyl (C=O) groups is 5. The number of aliphatic hydroxyl groups is 1. The van der Waals surface area contributed by atoms with E-state index < -0.39 is 58.5 Å². The molecule has 2 N–H and O–H groups in total. The lowest BCUT2D eigenvalue weighted by Crippen LogP contribution is -2.28. The van der Waals surface area contributed by atoms with E-state index in [1.807, 2.05) is 216 Å². The van der Waals surface area contributed by atoms with E-state index in [1.54, 1.807) is 98.7 Å². The molecule has 0 aromatic carbocycles. The summed E-state index contributed by atoms with van der Waals surface area (Å²) in [6.45, 7) is 50.2. The number of fused-ring (bicyclic) bond motifs is 15. The average Bonchev–Trinajstić information content (AvgIpc) is 1.59. The zero-order valence-corrected chi connectivity index (χ0v) is 95.8. The fourth-order valence-electron chi connectivity index (χ4n) is 21.7. The van der Waals surface area contributed by atoms with Gasteiger partial charge in [0.15, 0.2) is 28.9 Å². The first-order chi connectivity index (χ1) is 69.9. The summed E-state index contributed by atoms with van der Waals surface area (Å²) in [7, 11) is 3.72. The minimum Gasteiger partial charge on any atom is -0.390 e. The number of nitrogens with zero attached hydrogens (tertiary/aromatic N) is 11. The minimum absolute atomic E-state index is 0.000987. The normalized spacial score (nSPS) is 15.8. The maximum Gasteiger partial charge on any atom is 0.250 e. The molecule has 0 spiro atoms. The third-order valence-electron chi connectivity index (χ3n) is 28.0. The van der Waals surface area contributed by atoms with Crippen molar-refractivity contribution in [2.75, 3.05) is 6.54 Å². The highest BCUT2D eigenvalue weighted by atomic mass is 32.1. The number of aliphatic hydroxyl groups excluding tert-OH is 1. The molecule has 20 rings (SSSR count). The molecule has 0 unspecified atom stereocenters. The van der Waals surface area contributed by atoms with Crippen molar-refractivity contribution in [3.8, 4) is 44.6 Å². The van der Waals surface area contributed by atoms with Crippen LogP contribution in [-0.4, -0.2) is 129 Å². The highest BCUT2D eigenvalue weighted by molar-refractivity contribution is 7.20. The van der Waals surface area contributed by atoms with Gasteiger partial charge in [0.05, 0.1) is 58.7 Å². The second kappa shape index (κ2) is 44.5. The van der Waals surface area contributed by atoms with Crippen molar-refractivity contribution in [2.45, 2.75) is 374 Å². The van der Waals surface area contributed by atoms with Crippen molar-refractivity contribution in [1.29, 1.82) is 0 Å². The molecule has 0 radical (unpaired) electrons. The highest BCUT2D eigenvalue weighted by Crippen LogP contribution is 2.54. The fourth-order valence-corrected chi connectivity index (χ4v) is 28.3. The number of thiophene rings is 5. The maximum atomic E-state index is 12.8. The molecule has 24 nitrogen and oxygen atoms in total. The molecular formula is C119H146N12O12S5. The SMILES string of the molecule is CC(=O)[C@@H](OC(C)(C)C)c1c(C)nc2sc3c(c2c1-c1ccc(=O)n(C)c1)CCCC3.CC(=O)[C@@H](OC(C)(C)C)c1c(C)nc2sc3c(c2c1-c1ccc(CO)nc1)CCCC3.CC(=O)[C@@H](OC(C)(C)C)c1c(C)nc2sc3c(c2c1-c1ccn[nH]1)CCCC3.CC(=O)[C@@H](OC(C)(C)C)c1c(C)nc2sc3c(c2c1-c1cnn(C)c1C)CCCC3.CC(=O)[C@@H](OC(C)(C)C)c1c(C)nc2sc3c(c2c1C1=CCN=C1)CCCC3. The minimum atomic E-state index is -0.719. The molecule has 5 aliphatic carbocycles. The second-order valence-electron chi connectivity index (χ2n) is 45.4. The lowest BCUT2D eigenvalue weighted by Gasteiger charge is -2.29. The Morgan fingerprint density at radius 2 is 0.709 bits per heavy atom. The molecule has 0 amide bonds. The van der Waals surface area contributed by atoms with Crippen LogP contribution in [0.3, 0.4) is 0 Å². The number of ketones is 5. The first kappa shape index (κ1) is 110. The molecule has 0 fully saturated rings.